The van der Waals surface area contributed by atoms with Crippen LogP contribution in [0.15, 0.2) is 42.5 Å². The van der Waals surface area contributed by atoms with Crippen molar-refractivity contribution < 1.29 is 17.9 Å². The van der Waals surface area contributed by atoms with Crippen molar-refractivity contribution in [2.75, 3.05) is 29.4 Å². The lowest BCUT2D eigenvalue weighted by Gasteiger charge is -2.22. The summed E-state index contributed by atoms with van der Waals surface area (Å²) >= 11 is 13.5. The second-order valence-corrected chi connectivity index (χ2v) is 10.9. The third-order valence-corrected chi connectivity index (χ3v) is 6.92. The first-order valence-electron chi connectivity index (χ1n) is 9.59. The quantitative estimate of drug-likeness (QED) is 0.452. The molecule has 31 heavy (non-hydrogen) atoms. The van der Waals surface area contributed by atoms with Crippen LogP contribution in [0, 0.1) is 0 Å². The lowest BCUT2D eigenvalue weighted by molar-refractivity contribution is -0.119. The molecule has 0 aliphatic rings. The topological polar surface area (TPSA) is 75.7 Å². The molecule has 2 aromatic carbocycles. The number of halogens is 2. The predicted molar refractivity (Wildman–Crippen MR) is 130 cm³/mol. The maximum atomic E-state index is 12.3. The fourth-order valence-corrected chi connectivity index (χ4v) is 4.61. The Morgan fingerprint density at radius 1 is 1.13 bits per heavy atom. The zero-order valence-corrected chi connectivity index (χ0v) is 20.7. The molecular formula is C21H26Cl2N2O4S2. The Labute approximate surface area is 198 Å². The number of carbonyl (C=O) groups excluding carboxylic acids is 1. The third kappa shape index (κ3) is 8.80. The molecule has 0 saturated heterocycles. The minimum absolute atomic E-state index is 0.0113. The van der Waals surface area contributed by atoms with Gasteiger partial charge in [-0.25, -0.2) is 8.42 Å². The van der Waals surface area contributed by atoms with E-state index in [1.54, 1.807) is 42.1 Å². The van der Waals surface area contributed by atoms with Gasteiger partial charge in [0.1, 0.15) is 12.3 Å². The molecule has 0 aromatic heterocycles. The van der Waals surface area contributed by atoms with E-state index in [4.69, 9.17) is 27.9 Å². The Balaban J connectivity index is 1.84. The largest absolute Gasteiger partial charge is 0.491 e. The monoisotopic (exact) mass is 504 g/mol. The highest BCUT2D eigenvalue weighted by molar-refractivity contribution is 7.98. The number of ether oxygens (including phenoxy) is 1. The number of nitrogens with one attached hydrogen (secondary N) is 1. The Hall–Kier alpha value is -1.61. The first-order valence-corrected chi connectivity index (χ1v) is 13.3. The molecule has 0 aliphatic heterocycles. The summed E-state index contributed by atoms with van der Waals surface area (Å²) in [5, 5.41) is 3.79. The van der Waals surface area contributed by atoms with E-state index in [0.29, 0.717) is 33.8 Å². The lowest BCUT2D eigenvalue weighted by Crippen LogP contribution is -2.41. The smallest absolute Gasteiger partial charge is 0.240 e. The molecule has 170 valence electrons. The van der Waals surface area contributed by atoms with Crippen LogP contribution < -0.4 is 14.4 Å². The van der Waals surface area contributed by atoms with Gasteiger partial charge in [-0.2, -0.15) is 11.8 Å². The molecule has 2 aromatic rings. The second kappa shape index (κ2) is 11.9. The number of nitrogens with zero attached hydrogens (tertiary/aromatic N) is 1. The van der Waals surface area contributed by atoms with Gasteiger partial charge >= 0.3 is 0 Å². The number of rotatable bonds is 11. The summed E-state index contributed by atoms with van der Waals surface area (Å²) < 4.78 is 31.1. The second-order valence-electron chi connectivity index (χ2n) is 7.08. The Bertz CT molecular complexity index is 983. The molecule has 6 nitrogen and oxygen atoms in total. The maximum Gasteiger partial charge on any atom is 0.240 e. The molecule has 0 saturated carbocycles. The fourth-order valence-electron chi connectivity index (χ4n) is 2.63. The van der Waals surface area contributed by atoms with Crippen molar-refractivity contribution in [2.45, 2.75) is 25.7 Å². The molecule has 0 heterocycles. The average molecular weight is 505 g/mol. The van der Waals surface area contributed by atoms with Crippen LogP contribution in [0.3, 0.4) is 0 Å². The molecule has 1 amide bonds. The van der Waals surface area contributed by atoms with Crippen LogP contribution in [0.2, 0.25) is 10.0 Å². The van der Waals surface area contributed by atoms with Gasteiger partial charge < -0.3 is 10.1 Å². The van der Waals surface area contributed by atoms with Gasteiger partial charge in [-0.15, -0.1) is 0 Å². The first-order chi connectivity index (χ1) is 14.6. The SMILES string of the molecule is CC(C)Oc1ccc(N(CC(=O)NCCSCc2ccc(Cl)c(Cl)c2)S(C)(=O)=O)cc1. The Kier molecular flexibility index (Phi) is 9.81. The van der Waals surface area contributed by atoms with Crippen molar-refractivity contribution in [3.63, 3.8) is 0 Å². The van der Waals surface area contributed by atoms with Gasteiger partial charge in [0.25, 0.3) is 0 Å². The van der Waals surface area contributed by atoms with Crippen LogP contribution in [0.5, 0.6) is 5.75 Å². The van der Waals surface area contributed by atoms with E-state index in [1.165, 1.54) is 0 Å². The van der Waals surface area contributed by atoms with Crippen molar-refractivity contribution in [3.05, 3.63) is 58.1 Å². The molecule has 0 radical (unpaired) electrons. The summed E-state index contributed by atoms with van der Waals surface area (Å²) in [6.07, 6.45) is 1.09. The molecule has 0 aliphatic carbocycles. The number of benzene rings is 2. The molecule has 0 bridgehead atoms. The summed E-state index contributed by atoms with van der Waals surface area (Å²) in [7, 11) is -3.62. The van der Waals surface area contributed by atoms with E-state index in [1.807, 2.05) is 26.0 Å². The minimum atomic E-state index is -3.62. The van der Waals surface area contributed by atoms with E-state index in [9.17, 15) is 13.2 Å². The highest BCUT2D eigenvalue weighted by Crippen LogP contribution is 2.25. The zero-order valence-electron chi connectivity index (χ0n) is 17.6. The predicted octanol–water partition coefficient (Wildman–Crippen LogP) is 4.60. The molecule has 10 heteroatoms. The third-order valence-electron chi connectivity index (χ3n) is 4.01. The van der Waals surface area contributed by atoms with Crippen molar-refractivity contribution in [1.82, 2.24) is 5.32 Å². The molecular weight excluding hydrogens is 479 g/mol. The number of thioether (sulfide) groups is 1. The summed E-state index contributed by atoms with van der Waals surface area (Å²) in [5.74, 6) is 1.66. The number of sulfonamides is 1. The van der Waals surface area contributed by atoms with Crippen LogP contribution in [-0.2, 0) is 20.6 Å². The van der Waals surface area contributed by atoms with Crippen LogP contribution in [0.1, 0.15) is 19.4 Å². The maximum absolute atomic E-state index is 12.3. The highest BCUT2D eigenvalue weighted by Gasteiger charge is 2.20. The van der Waals surface area contributed by atoms with Crippen molar-refractivity contribution in [3.8, 4) is 5.75 Å². The van der Waals surface area contributed by atoms with Gasteiger partial charge in [0.05, 0.1) is 28.1 Å². The van der Waals surface area contributed by atoms with Crippen LogP contribution in [-0.4, -0.2) is 45.5 Å². The number of hydrogen-bond acceptors (Lipinski definition) is 5. The van der Waals surface area contributed by atoms with Gasteiger partial charge in [-0.1, -0.05) is 29.3 Å². The Morgan fingerprint density at radius 3 is 2.39 bits per heavy atom. The number of amides is 1. The standard InChI is InChI=1S/C21H26Cl2N2O4S2/c1-15(2)29-18-7-5-17(6-8-18)25(31(3,27)28)13-21(26)24-10-11-30-14-16-4-9-19(22)20(23)12-16/h4-9,12,15H,10-11,13-14H2,1-3H3,(H,24,26). The molecule has 1 N–H and O–H groups in total. The van der Waals surface area contributed by atoms with E-state index in [2.05, 4.69) is 5.32 Å². The minimum Gasteiger partial charge on any atom is -0.491 e. The lowest BCUT2D eigenvalue weighted by atomic mass is 10.2. The molecule has 0 fully saturated rings. The number of hydrogen-bond donors (Lipinski definition) is 1. The molecule has 0 spiro atoms. The van der Waals surface area contributed by atoms with Crippen molar-refractivity contribution in [2.24, 2.45) is 0 Å². The summed E-state index contributed by atoms with van der Waals surface area (Å²) in [5.41, 5.74) is 1.45. The normalized spacial score (nSPS) is 11.4. The summed E-state index contributed by atoms with van der Waals surface area (Å²) in [6, 6.07) is 12.1. The van der Waals surface area contributed by atoms with Gasteiger partial charge in [-0.3, -0.25) is 9.10 Å². The fraction of sp³-hybridized carbons (Fsp3) is 0.381. The van der Waals surface area contributed by atoms with Crippen LogP contribution in [0.25, 0.3) is 0 Å². The molecule has 0 atom stereocenters. The van der Waals surface area contributed by atoms with Gasteiger partial charge in [0.2, 0.25) is 15.9 Å². The van der Waals surface area contributed by atoms with Crippen molar-refractivity contribution >= 4 is 56.6 Å². The zero-order chi connectivity index (χ0) is 23.0. The number of anilines is 1. The van der Waals surface area contributed by atoms with E-state index in [-0.39, 0.29) is 18.6 Å². The van der Waals surface area contributed by atoms with Crippen LogP contribution >= 0.6 is 35.0 Å². The van der Waals surface area contributed by atoms with E-state index < -0.39 is 10.0 Å². The van der Waals surface area contributed by atoms with E-state index >= 15 is 0 Å². The Morgan fingerprint density at radius 2 is 1.81 bits per heavy atom. The van der Waals surface area contributed by atoms with E-state index in [0.717, 1.165) is 21.9 Å². The van der Waals surface area contributed by atoms with Crippen LogP contribution in [0.4, 0.5) is 5.69 Å². The van der Waals surface area contributed by atoms with Gasteiger partial charge in [-0.05, 0) is 55.8 Å². The summed E-state index contributed by atoms with van der Waals surface area (Å²) in [6.45, 7) is 3.94. The molecule has 2 rings (SSSR count). The number of carbonyl (C=O) groups is 1. The average Bonchev–Trinajstić information content (AvgIpc) is 2.68. The van der Waals surface area contributed by atoms with Gasteiger partial charge in [0.15, 0.2) is 0 Å². The first kappa shape index (κ1) is 25.6. The summed E-state index contributed by atoms with van der Waals surface area (Å²) in [4.78, 5) is 12.3. The van der Waals surface area contributed by atoms with Gasteiger partial charge in [0, 0.05) is 18.1 Å². The highest BCUT2D eigenvalue weighted by atomic mass is 35.5. The molecule has 0 unspecified atom stereocenters. The van der Waals surface area contributed by atoms with Crippen molar-refractivity contribution in [1.29, 1.82) is 0 Å².